The van der Waals surface area contributed by atoms with E-state index >= 15 is 0 Å². The van der Waals surface area contributed by atoms with Crippen molar-refractivity contribution in [1.29, 1.82) is 0 Å². The van der Waals surface area contributed by atoms with E-state index in [1.807, 2.05) is 33.8 Å². The van der Waals surface area contributed by atoms with Crippen molar-refractivity contribution in [2.75, 3.05) is 13.2 Å². The normalized spacial score (nSPS) is 17.8. The number of rotatable bonds is 7. The van der Waals surface area contributed by atoms with Gasteiger partial charge in [0.2, 0.25) is 0 Å². The van der Waals surface area contributed by atoms with E-state index in [0.29, 0.717) is 24.7 Å². The Bertz CT molecular complexity index is 783. The highest BCUT2D eigenvalue weighted by Gasteiger charge is 2.38. The Labute approximate surface area is 188 Å². The first-order chi connectivity index (χ1) is 14.1. The van der Waals surface area contributed by atoms with Crippen molar-refractivity contribution in [3.8, 4) is 5.75 Å². The van der Waals surface area contributed by atoms with Gasteiger partial charge in [-0.15, -0.1) is 0 Å². The van der Waals surface area contributed by atoms with Crippen molar-refractivity contribution in [3.05, 3.63) is 29.1 Å². The Hall–Kier alpha value is -1.60. The molecule has 0 radical (unpaired) electrons. The number of carbonyl (C=O) groups is 1. The number of benzene rings is 1. The lowest BCUT2D eigenvalue weighted by molar-refractivity contribution is 0.0505. The number of hydrogen-bond donors (Lipinski definition) is 1. The summed E-state index contributed by atoms with van der Waals surface area (Å²) in [4.78, 5) is 11.8. The molecule has 0 fully saturated rings. The highest BCUT2D eigenvalue weighted by molar-refractivity contribution is 6.74. The Kier molecular flexibility index (Phi) is 7.85. The van der Waals surface area contributed by atoms with E-state index in [0.717, 1.165) is 17.5 Å². The zero-order valence-electron chi connectivity index (χ0n) is 20.6. The van der Waals surface area contributed by atoms with Crippen LogP contribution >= 0.6 is 0 Å². The lowest BCUT2D eigenvalue weighted by atomic mass is 10.1. The van der Waals surface area contributed by atoms with Gasteiger partial charge in [0.1, 0.15) is 23.3 Å². The second kappa shape index (κ2) is 9.49. The molecule has 0 aromatic heterocycles. The minimum absolute atomic E-state index is 0.161. The number of alkyl carbamates (subject to hydrolysis) is 1. The van der Waals surface area contributed by atoms with E-state index in [2.05, 4.69) is 39.2 Å². The van der Waals surface area contributed by atoms with Gasteiger partial charge in [-0.1, -0.05) is 20.8 Å². The number of fused-ring (bicyclic) bond motifs is 1. The molecule has 0 saturated carbocycles. The van der Waals surface area contributed by atoms with E-state index in [4.69, 9.17) is 13.9 Å². The molecule has 0 spiro atoms. The number of amides is 1. The smallest absolute Gasteiger partial charge is 0.407 e. The third-order valence-corrected chi connectivity index (χ3v) is 10.5. The number of carbonyl (C=O) groups excluding carboxylic acids is 1. The van der Waals surface area contributed by atoms with E-state index in [-0.39, 0.29) is 23.5 Å². The molecule has 2 unspecified atom stereocenters. The SMILES string of the molecule is CC(CNC(=O)OC(C)(C)C)Oc1cc(F)c2c(c1)CC(CO[Si](C)(C)C(C)(C)C)C2. The summed E-state index contributed by atoms with van der Waals surface area (Å²) in [5.74, 6) is 0.551. The van der Waals surface area contributed by atoms with Crippen LogP contribution < -0.4 is 10.1 Å². The molecule has 0 saturated heterocycles. The molecule has 176 valence electrons. The molecule has 2 atom stereocenters. The number of halogens is 1. The highest BCUT2D eigenvalue weighted by Crippen LogP contribution is 2.38. The minimum Gasteiger partial charge on any atom is -0.489 e. The molecule has 1 aromatic carbocycles. The van der Waals surface area contributed by atoms with Crippen molar-refractivity contribution in [2.45, 2.75) is 91.1 Å². The molecule has 1 aliphatic rings. The molecule has 2 rings (SSSR count). The first kappa shape index (κ1) is 25.7. The fourth-order valence-electron chi connectivity index (χ4n) is 3.29. The van der Waals surface area contributed by atoms with Crippen molar-refractivity contribution < 1.29 is 23.1 Å². The summed E-state index contributed by atoms with van der Waals surface area (Å²) in [5, 5.41) is 2.84. The zero-order valence-corrected chi connectivity index (χ0v) is 21.6. The van der Waals surface area contributed by atoms with Crippen LogP contribution in [0.15, 0.2) is 12.1 Å². The van der Waals surface area contributed by atoms with Crippen LogP contribution in [0.1, 0.15) is 59.6 Å². The van der Waals surface area contributed by atoms with Crippen molar-refractivity contribution in [1.82, 2.24) is 5.32 Å². The lowest BCUT2D eigenvalue weighted by Crippen LogP contribution is -2.42. The predicted molar refractivity (Wildman–Crippen MR) is 125 cm³/mol. The topological polar surface area (TPSA) is 56.8 Å². The van der Waals surface area contributed by atoms with Crippen LogP contribution in [0.4, 0.5) is 9.18 Å². The van der Waals surface area contributed by atoms with Gasteiger partial charge in [0.25, 0.3) is 0 Å². The molecule has 1 amide bonds. The third-order valence-electron chi connectivity index (χ3n) is 6.02. The Balaban J connectivity index is 1.92. The molecule has 31 heavy (non-hydrogen) atoms. The van der Waals surface area contributed by atoms with Gasteiger partial charge in [0.15, 0.2) is 8.32 Å². The minimum atomic E-state index is -1.82. The van der Waals surface area contributed by atoms with Crippen LogP contribution in [0, 0.1) is 11.7 Å². The van der Waals surface area contributed by atoms with Gasteiger partial charge in [0, 0.05) is 12.7 Å². The quantitative estimate of drug-likeness (QED) is 0.526. The molecule has 0 heterocycles. The number of hydrogen-bond acceptors (Lipinski definition) is 4. The van der Waals surface area contributed by atoms with Gasteiger partial charge in [0.05, 0.1) is 6.54 Å². The van der Waals surface area contributed by atoms with Crippen LogP contribution in [-0.4, -0.2) is 39.3 Å². The van der Waals surface area contributed by atoms with Crippen LogP contribution in [-0.2, 0) is 22.0 Å². The maximum absolute atomic E-state index is 14.7. The van der Waals surface area contributed by atoms with E-state index < -0.39 is 20.0 Å². The van der Waals surface area contributed by atoms with E-state index in [9.17, 15) is 9.18 Å². The molecule has 7 heteroatoms. The van der Waals surface area contributed by atoms with Crippen molar-refractivity contribution >= 4 is 14.4 Å². The van der Waals surface area contributed by atoms with Crippen LogP contribution in [0.3, 0.4) is 0 Å². The summed E-state index contributed by atoms with van der Waals surface area (Å²) in [6.07, 6.45) is 0.686. The van der Waals surface area contributed by atoms with Gasteiger partial charge in [-0.2, -0.15) is 0 Å². The molecule has 0 aliphatic heterocycles. The summed E-state index contributed by atoms with van der Waals surface area (Å²) in [7, 11) is -1.82. The average Bonchev–Trinajstić information content (AvgIpc) is 2.99. The Morgan fingerprint density at radius 1 is 1.19 bits per heavy atom. The van der Waals surface area contributed by atoms with E-state index in [1.54, 1.807) is 0 Å². The number of nitrogens with one attached hydrogen (secondary N) is 1. The van der Waals surface area contributed by atoms with E-state index in [1.165, 1.54) is 6.07 Å². The fourth-order valence-corrected chi connectivity index (χ4v) is 4.38. The van der Waals surface area contributed by atoms with Crippen LogP contribution in [0.5, 0.6) is 5.75 Å². The lowest BCUT2D eigenvalue weighted by Gasteiger charge is -2.37. The van der Waals surface area contributed by atoms with Crippen LogP contribution in [0.25, 0.3) is 0 Å². The van der Waals surface area contributed by atoms with Gasteiger partial charge in [-0.25, -0.2) is 9.18 Å². The summed E-state index contributed by atoms with van der Waals surface area (Å²) in [5.41, 5.74) is 1.21. The molecule has 5 nitrogen and oxygen atoms in total. The molecule has 1 aliphatic carbocycles. The second-order valence-corrected chi connectivity index (χ2v) is 16.0. The summed E-state index contributed by atoms with van der Waals surface area (Å²) in [6.45, 7) is 19.4. The monoisotopic (exact) mass is 453 g/mol. The first-order valence-corrected chi connectivity index (χ1v) is 14.1. The predicted octanol–water partition coefficient (Wildman–Crippen LogP) is 5.85. The van der Waals surface area contributed by atoms with Gasteiger partial charge >= 0.3 is 6.09 Å². The van der Waals surface area contributed by atoms with Gasteiger partial charge in [-0.05, 0) is 81.8 Å². The number of ether oxygens (including phenoxy) is 2. The standard InChI is InChI=1S/C24H40FNO4Si/c1-16(14-26-22(27)30-23(2,3)4)29-19-12-18-10-17(11-20(18)21(25)13-19)15-28-31(8,9)24(5,6)7/h12-13,16-17H,10-11,14-15H2,1-9H3,(H,26,27). The average molecular weight is 454 g/mol. The molecule has 0 bridgehead atoms. The van der Waals surface area contributed by atoms with Crippen LogP contribution in [0.2, 0.25) is 18.1 Å². The highest BCUT2D eigenvalue weighted by atomic mass is 28.4. The molecular weight excluding hydrogens is 413 g/mol. The van der Waals surface area contributed by atoms with Gasteiger partial charge < -0.3 is 19.2 Å². The fraction of sp³-hybridized carbons (Fsp3) is 0.708. The Morgan fingerprint density at radius 3 is 2.42 bits per heavy atom. The molecule has 1 aromatic rings. The first-order valence-electron chi connectivity index (χ1n) is 11.2. The maximum atomic E-state index is 14.7. The van der Waals surface area contributed by atoms with Gasteiger partial charge in [-0.3, -0.25) is 0 Å². The zero-order chi connectivity index (χ0) is 23.6. The maximum Gasteiger partial charge on any atom is 0.407 e. The summed E-state index contributed by atoms with van der Waals surface area (Å²) in [6, 6.07) is 3.37. The summed E-state index contributed by atoms with van der Waals surface area (Å²) < 4.78 is 32.2. The van der Waals surface area contributed by atoms with Crippen molar-refractivity contribution in [3.63, 3.8) is 0 Å². The summed E-state index contributed by atoms with van der Waals surface area (Å²) >= 11 is 0. The third kappa shape index (κ3) is 7.49. The second-order valence-electron chi connectivity index (χ2n) is 11.2. The molecule has 1 N–H and O–H groups in total. The largest absolute Gasteiger partial charge is 0.489 e. The Morgan fingerprint density at radius 2 is 1.84 bits per heavy atom. The van der Waals surface area contributed by atoms with Crippen molar-refractivity contribution in [2.24, 2.45) is 5.92 Å². The molecular formula is C24H40FNO4Si.